The molecule has 1 aromatic carbocycles. The van der Waals surface area contributed by atoms with E-state index in [1.165, 1.54) is 0 Å². The van der Waals surface area contributed by atoms with Gasteiger partial charge in [-0.05, 0) is 30.7 Å². The van der Waals surface area contributed by atoms with Crippen molar-refractivity contribution in [2.45, 2.75) is 32.2 Å². The molecule has 6 N–H and O–H groups in total. The van der Waals surface area contributed by atoms with Gasteiger partial charge in [0.15, 0.2) is 0 Å². The van der Waals surface area contributed by atoms with Crippen LogP contribution in [0.15, 0.2) is 24.3 Å². The summed E-state index contributed by atoms with van der Waals surface area (Å²) < 4.78 is 0. The average Bonchev–Trinajstić information content (AvgIpc) is 2.31. The summed E-state index contributed by atoms with van der Waals surface area (Å²) in [5, 5.41) is 5.19. The fourth-order valence-electron chi connectivity index (χ4n) is 1.70. The Morgan fingerprint density at radius 2 is 1.68 bits per heavy atom. The first-order valence-corrected chi connectivity index (χ1v) is 6.23. The van der Waals surface area contributed by atoms with Crippen LogP contribution in [0.1, 0.15) is 26.2 Å². The van der Waals surface area contributed by atoms with E-state index in [-0.39, 0.29) is 11.9 Å². The number of primary amides is 1. The van der Waals surface area contributed by atoms with Gasteiger partial charge in [-0.1, -0.05) is 13.3 Å². The Hall–Kier alpha value is -2.08. The molecular formula is C13H20N4O2. The Bertz CT molecular complexity index is 431. The number of urea groups is 1. The van der Waals surface area contributed by atoms with Crippen molar-refractivity contribution in [2.24, 2.45) is 11.5 Å². The van der Waals surface area contributed by atoms with Gasteiger partial charge >= 0.3 is 6.03 Å². The molecule has 0 heterocycles. The second-order valence-corrected chi connectivity index (χ2v) is 4.37. The molecule has 0 aliphatic carbocycles. The highest BCUT2D eigenvalue weighted by molar-refractivity contribution is 5.92. The molecule has 1 unspecified atom stereocenters. The van der Waals surface area contributed by atoms with Gasteiger partial charge in [-0.3, -0.25) is 4.79 Å². The Morgan fingerprint density at radius 1 is 1.16 bits per heavy atom. The molecule has 6 nitrogen and oxygen atoms in total. The molecule has 0 radical (unpaired) electrons. The van der Waals surface area contributed by atoms with Gasteiger partial charge in [0.1, 0.15) is 0 Å². The van der Waals surface area contributed by atoms with Crippen LogP contribution in [0.4, 0.5) is 16.2 Å². The van der Waals surface area contributed by atoms with E-state index >= 15 is 0 Å². The van der Waals surface area contributed by atoms with Crippen molar-refractivity contribution in [2.75, 3.05) is 10.6 Å². The van der Waals surface area contributed by atoms with Gasteiger partial charge in [0.25, 0.3) is 0 Å². The molecule has 0 fully saturated rings. The van der Waals surface area contributed by atoms with E-state index < -0.39 is 6.03 Å². The molecule has 0 aliphatic rings. The average molecular weight is 264 g/mol. The van der Waals surface area contributed by atoms with Gasteiger partial charge in [0, 0.05) is 23.8 Å². The lowest BCUT2D eigenvalue weighted by atomic mass is 10.1. The van der Waals surface area contributed by atoms with Gasteiger partial charge in [0.2, 0.25) is 5.91 Å². The van der Waals surface area contributed by atoms with Crippen LogP contribution in [-0.4, -0.2) is 18.0 Å². The zero-order chi connectivity index (χ0) is 14.3. The second kappa shape index (κ2) is 7.38. The lowest BCUT2D eigenvalue weighted by Gasteiger charge is -2.11. The van der Waals surface area contributed by atoms with Crippen LogP contribution in [0.25, 0.3) is 0 Å². The van der Waals surface area contributed by atoms with E-state index in [2.05, 4.69) is 10.6 Å². The Balaban J connectivity index is 2.48. The largest absolute Gasteiger partial charge is 0.351 e. The maximum absolute atomic E-state index is 11.7. The number of nitrogens with one attached hydrogen (secondary N) is 2. The first kappa shape index (κ1) is 15.0. The molecule has 0 spiro atoms. The van der Waals surface area contributed by atoms with Crippen LogP contribution >= 0.6 is 0 Å². The predicted octanol–water partition coefficient (Wildman–Crippen LogP) is 1.63. The summed E-state index contributed by atoms with van der Waals surface area (Å²) in [6, 6.07) is 5.96. The maximum Gasteiger partial charge on any atom is 0.316 e. The molecule has 1 rings (SSSR count). The van der Waals surface area contributed by atoms with E-state index in [0.717, 1.165) is 12.8 Å². The number of hydrogen-bond acceptors (Lipinski definition) is 3. The summed E-state index contributed by atoms with van der Waals surface area (Å²) in [7, 11) is 0. The van der Waals surface area contributed by atoms with E-state index in [0.29, 0.717) is 17.8 Å². The van der Waals surface area contributed by atoms with Gasteiger partial charge in [-0.2, -0.15) is 0 Å². The highest BCUT2D eigenvalue weighted by Crippen LogP contribution is 2.13. The minimum absolute atomic E-state index is 0.110. The summed E-state index contributed by atoms with van der Waals surface area (Å²) in [4.78, 5) is 22.3. The highest BCUT2D eigenvalue weighted by Gasteiger charge is 2.08. The quantitative estimate of drug-likeness (QED) is 0.626. The maximum atomic E-state index is 11.7. The molecule has 19 heavy (non-hydrogen) atoms. The number of benzene rings is 1. The Morgan fingerprint density at radius 3 is 2.16 bits per heavy atom. The third-order valence-electron chi connectivity index (χ3n) is 2.54. The van der Waals surface area contributed by atoms with Crippen molar-refractivity contribution in [3.05, 3.63) is 24.3 Å². The topological polar surface area (TPSA) is 110 Å². The molecule has 0 saturated heterocycles. The van der Waals surface area contributed by atoms with Crippen molar-refractivity contribution in [3.8, 4) is 0 Å². The number of carbonyl (C=O) groups is 2. The first-order valence-electron chi connectivity index (χ1n) is 6.23. The molecule has 1 atom stereocenters. The summed E-state index contributed by atoms with van der Waals surface area (Å²) in [6.07, 6.45) is 2.09. The predicted molar refractivity (Wildman–Crippen MR) is 75.8 cm³/mol. The SMILES string of the molecule is CCCC(N)CC(=O)Nc1ccc(NC(N)=O)cc1. The number of carbonyl (C=O) groups excluding carboxylic acids is 2. The van der Waals surface area contributed by atoms with Gasteiger partial charge in [0.05, 0.1) is 0 Å². The van der Waals surface area contributed by atoms with Gasteiger partial charge < -0.3 is 22.1 Å². The van der Waals surface area contributed by atoms with Crippen LogP contribution in [0.2, 0.25) is 0 Å². The molecule has 0 aliphatic heterocycles. The molecule has 0 saturated carbocycles. The van der Waals surface area contributed by atoms with Crippen LogP contribution in [0, 0.1) is 0 Å². The second-order valence-electron chi connectivity index (χ2n) is 4.37. The fraction of sp³-hybridized carbons (Fsp3) is 0.385. The molecule has 1 aromatic rings. The summed E-state index contributed by atoms with van der Waals surface area (Å²) in [6.45, 7) is 2.03. The number of amides is 3. The molecule has 104 valence electrons. The molecule has 3 amide bonds. The Labute approximate surface area is 112 Å². The van der Waals surface area contributed by atoms with Gasteiger partial charge in [-0.25, -0.2) is 4.79 Å². The van der Waals surface area contributed by atoms with Crippen molar-refractivity contribution < 1.29 is 9.59 Å². The summed E-state index contributed by atoms with van der Waals surface area (Å²) >= 11 is 0. The molecule has 0 bridgehead atoms. The molecule has 6 heteroatoms. The lowest BCUT2D eigenvalue weighted by molar-refractivity contribution is -0.116. The van der Waals surface area contributed by atoms with Crippen LogP contribution in [0.5, 0.6) is 0 Å². The van der Waals surface area contributed by atoms with E-state index in [1.807, 2.05) is 6.92 Å². The van der Waals surface area contributed by atoms with Crippen molar-refractivity contribution in [1.29, 1.82) is 0 Å². The smallest absolute Gasteiger partial charge is 0.316 e. The number of nitrogens with two attached hydrogens (primary N) is 2. The fourth-order valence-corrected chi connectivity index (χ4v) is 1.70. The van der Waals surface area contributed by atoms with Crippen molar-refractivity contribution >= 4 is 23.3 Å². The number of hydrogen-bond donors (Lipinski definition) is 4. The standard InChI is InChI=1S/C13H20N4O2/c1-2-3-9(14)8-12(18)16-10-4-6-11(7-5-10)17-13(15)19/h4-7,9H,2-3,8,14H2,1H3,(H,16,18)(H3,15,17,19). The third-order valence-corrected chi connectivity index (χ3v) is 2.54. The highest BCUT2D eigenvalue weighted by atomic mass is 16.2. The lowest BCUT2D eigenvalue weighted by Crippen LogP contribution is -2.26. The Kier molecular flexibility index (Phi) is 5.81. The number of anilines is 2. The van der Waals surface area contributed by atoms with E-state index in [4.69, 9.17) is 11.5 Å². The minimum atomic E-state index is -0.623. The zero-order valence-corrected chi connectivity index (χ0v) is 11.0. The van der Waals surface area contributed by atoms with E-state index in [9.17, 15) is 9.59 Å². The molecule has 0 aromatic heterocycles. The number of rotatable bonds is 6. The van der Waals surface area contributed by atoms with E-state index in [1.54, 1.807) is 24.3 Å². The van der Waals surface area contributed by atoms with Crippen molar-refractivity contribution in [1.82, 2.24) is 0 Å². The third kappa shape index (κ3) is 5.87. The van der Waals surface area contributed by atoms with Crippen LogP contribution < -0.4 is 22.1 Å². The first-order chi connectivity index (χ1) is 9.01. The van der Waals surface area contributed by atoms with Gasteiger partial charge in [-0.15, -0.1) is 0 Å². The van der Waals surface area contributed by atoms with Crippen molar-refractivity contribution in [3.63, 3.8) is 0 Å². The molecular weight excluding hydrogens is 244 g/mol. The van der Waals surface area contributed by atoms with Crippen LogP contribution in [-0.2, 0) is 4.79 Å². The van der Waals surface area contributed by atoms with Crippen LogP contribution in [0.3, 0.4) is 0 Å². The normalized spacial score (nSPS) is 11.7. The monoisotopic (exact) mass is 264 g/mol. The minimum Gasteiger partial charge on any atom is -0.351 e. The summed E-state index contributed by atoms with van der Waals surface area (Å²) in [5.41, 5.74) is 12.0. The zero-order valence-electron chi connectivity index (χ0n) is 11.0. The summed E-state index contributed by atoms with van der Waals surface area (Å²) in [5.74, 6) is -0.114.